The fourth-order valence-corrected chi connectivity index (χ4v) is 3.09. The highest BCUT2D eigenvalue weighted by Crippen LogP contribution is 2.30. The molecule has 35 heavy (non-hydrogen) atoms. The number of benzene rings is 1. The zero-order chi connectivity index (χ0) is 28.9. The van der Waals surface area contributed by atoms with Crippen LogP contribution in [-0.4, -0.2) is 72.4 Å². The Morgan fingerprint density at radius 2 is 1.43 bits per heavy atom. The van der Waals surface area contributed by atoms with Crippen LogP contribution in [0.3, 0.4) is 0 Å². The van der Waals surface area contributed by atoms with Crippen LogP contribution in [0.1, 0.15) is 38.6 Å². The number of carbonyl (C=O) groups is 5. The highest BCUT2D eigenvalue weighted by molar-refractivity contribution is 5.84. The zero-order valence-electron chi connectivity index (χ0n) is 22.4. The van der Waals surface area contributed by atoms with Gasteiger partial charge in [-0.3, -0.25) is 24.5 Å². The van der Waals surface area contributed by atoms with Crippen molar-refractivity contribution in [3.63, 3.8) is 0 Å². The van der Waals surface area contributed by atoms with Gasteiger partial charge in [0.25, 0.3) is 0 Å². The second-order valence-electron chi connectivity index (χ2n) is 6.97. The Bertz CT molecular complexity index is 1010. The van der Waals surface area contributed by atoms with Crippen LogP contribution in [0.5, 0.6) is 0 Å². The third-order valence-electron chi connectivity index (χ3n) is 4.41. The van der Waals surface area contributed by atoms with Crippen molar-refractivity contribution >= 4 is 35.7 Å². The number of amides is 1. The summed E-state index contributed by atoms with van der Waals surface area (Å²) >= 11 is 0. The first-order valence-corrected chi connectivity index (χ1v) is 9.89. The van der Waals surface area contributed by atoms with E-state index < -0.39 is 94.9 Å². The number of esters is 4. The summed E-state index contributed by atoms with van der Waals surface area (Å²) in [4.78, 5) is 60.3. The molecule has 0 bridgehead atoms. The minimum absolute atomic E-state index is 0.230. The highest BCUT2D eigenvalue weighted by Gasteiger charge is 2.53. The van der Waals surface area contributed by atoms with Crippen molar-refractivity contribution in [1.29, 1.82) is 0 Å². The second-order valence-corrected chi connectivity index (χ2v) is 6.97. The van der Waals surface area contributed by atoms with Gasteiger partial charge in [0.15, 0.2) is 12.2 Å². The number of hydrogen-bond acceptors (Lipinski definition) is 12. The number of aliphatic hydroxyl groups excluding tert-OH is 1. The minimum atomic E-state index is -1.88. The van der Waals surface area contributed by atoms with Gasteiger partial charge in [-0.1, -0.05) is 12.1 Å². The normalized spacial score (nSPS) is 24.9. The lowest BCUT2D eigenvalue weighted by Crippen LogP contribution is -2.63. The molecular weight excluding hydrogens is 470 g/mol. The van der Waals surface area contributed by atoms with Crippen molar-refractivity contribution in [3.8, 4) is 0 Å². The van der Waals surface area contributed by atoms with Gasteiger partial charge in [-0.25, -0.2) is 4.79 Å². The maximum absolute atomic E-state index is 12.6. The van der Waals surface area contributed by atoms with E-state index in [0.717, 1.165) is 0 Å². The van der Waals surface area contributed by atoms with E-state index in [-0.39, 0.29) is 12.3 Å². The van der Waals surface area contributed by atoms with Crippen LogP contribution >= 0.6 is 0 Å². The predicted octanol–water partition coefficient (Wildman–Crippen LogP) is 0.810. The molecule has 0 saturated carbocycles. The van der Waals surface area contributed by atoms with Crippen LogP contribution in [0, 0.1) is 0 Å². The third kappa shape index (κ3) is 8.54. The van der Waals surface area contributed by atoms with Gasteiger partial charge < -0.3 is 33.5 Å². The summed E-state index contributed by atoms with van der Waals surface area (Å²) in [5.74, 6) is -4.49. The Labute approximate surface area is 206 Å². The smallest absolute Gasteiger partial charge is 0.414 e. The molecule has 1 heterocycles. The lowest BCUT2D eigenvalue weighted by molar-refractivity contribution is -0.293. The molecule has 1 fully saturated rings. The van der Waals surface area contributed by atoms with Gasteiger partial charge in [-0.05, 0) is 17.7 Å². The van der Waals surface area contributed by atoms with Crippen LogP contribution in [0.2, 0.25) is 0 Å². The molecule has 0 aliphatic carbocycles. The summed E-state index contributed by atoms with van der Waals surface area (Å²) in [6.45, 7) is -4.42. The molecule has 0 spiro atoms. The van der Waals surface area contributed by atoms with E-state index in [4.69, 9.17) is 39.0 Å². The van der Waals surface area contributed by atoms with Crippen molar-refractivity contribution in [3.05, 3.63) is 29.8 Å². The number of hydrogen-bond donors (Lipinski definition) is 2. The molecule has 0 radical (unpaired) electrons. The maximum atomic E-state index is 12.6. The minimum Gasteiger partial charge on any atom is -0.463 e. The van der Waals surface area contributed by atoms with Gasteiger partial charge >= 0.3 is 30.0 Å². The summed E-state index contributed by atoms with van der Waals surface area (Å²) in [7, 11) is 0. The van der Waals surface area contributed by atoms with Gasteiger partial charge in [0, 0.05) is 38.8 Å². The number of rotatable bonds is 8. The van der Waals surface area contributed by atoms with Gasteiger partial charge in [0.2, 0.25) is 12.4 Å². The fourth-order valence-electron chi connectivity index (χ4n) is 3.09. The first kappa shape index (κ1) is 21.8. The monoisotopic (exact) mass is 501 g/mol. The van der Waals surface area contributed by atoms with Crippen molar-refractivity contribution < 1.29 is 63.0 Å². The molecule has 0 aromatic heterocycles. The van der Waals surface area contributed by atoms with Crippen molar-refractivity contribution in [2.75, 3.05) is 11.9 Å². The lowest BCUT2D eigenvalue weighted by Gasteiger charge is -2.43. The van der Waals surface area contributed by atoms with E-state index in [1.54, 1.807) is 0 Å². The number of carbonyl (C=O) groups excluding carboxylic acids is 5. The first-order valence-electron chi connectivity index (χ1n) is 12.7. The van der Waals surface area contributed by atoms with E-state index in [1.807, 2.05) is 0 Å². The molecule has 1 amide bonds. The molecule has 5 atom stereocenters. The first-order chi connectivity index (χ1) is 18.6. The molecule has 1 unspecified atom stereocenters. The van der Waals surface area contributed by atoms with E-state index in [0.29, 0.717) is 5.56 Å². The number of ether oxygens (including phenoxy) is 6. The predicted molar refractivity (Wildman–Crippen MR) is 114 cm³/mol. The fraction of sp³-hybridized carbons (Fsp3) is 0.500. The molecule has 13 heteroatoms. The summed E-state index contributed by atoms with van der Waals surface area (Å²) in [5.41, 5.74) is 0.789. The van der Waals surface area contributed by atoms with Crippen molar-refractivity contribution in [2.45, 2.75) is 64.9 Å². The summed E-state index contributed by atoms with van der Waals surface area (Å²) < 4.78 is 60.0. The average Bonchev–Trinajstić information content (AvgIpc) is 2.94. The molecule has 2 N–H and O–H groups in total. The molecule has 1 aromatic carbocycles. The molecule has 2 rings (SSSR count). The van der Waals surface area contributed by atoms with Gasteiger partial charge in [0.05, 0.1) is 6.61 Å². The molecule has 192 valence electrons. The van der Waals surface area contributed by atoms with Gasteiger partial charge in [0.1, 0.15) is 12.7 Å². The third-order valence-corrected chi connectivity index (χ3v) is 4.41. The molecule has 1 aliphatic heterocycles. The van der Waals surface area contributed by atoms with Crippen LogP contribution in [-0.2, 0) is 54.2 Å². The molecule has 13 nitrogen and oxygen atoms in total. The van der Waals surface area contributed by atoms with E-state index >= 15 is 0 Å². The van der Waals surface area contributed by atoms with E-state index in [2.05, 4.69) is 5.32 Å². The van der Waals surface area contributed by atoms with Crippen LogP contribution in [0.15, 0.2) is 24.3 Å². The van der Waals surface area contributed by atoms with Crippen LogP contribution < -0.4 is 5.32 Å². The van der Waals surface area contributed by atoms with E-state index in [1.165, 1.54) is 24.3 Å². The van der Waals surface area contributed by atoms with Gasteiger partial charge in [-0.15, -0.1) is 0 Å². The highest BCUT2D eigenvalue weighted by atomic mass is 16.8. The molecule has 1 aliphatic rings. The number of nitrogens with one attached hydrogen (secondary N) is 1. The summed E-state index contributed by atoms with van der Waals surface area (Å²) in [5, 5.41) is 11.5. The van der Waals surface area contributed by atoms with Crippen molar-refractivity contribution in [2.24, 2.45) is 0 Å². The molecular formula is C22H27NO12. The Balaban J connectivity index is 2.42. The Hall–Kier alpha value is -3.71. The second kappa shape index (κ2) is 12.7. The van der Waals surface area contributed by atoms with E-state index in [9.17, 15) is 24.0 Å². The number of aliphatic hydroxyl groups is 1. The Morgan fingerprint density at radius 3 is 2.00 bits per heavy atom. The summed E-state index contributed by atoms with van der Waals surface area (Å²) in [6.07, 6.45) is -9.86. The quantitative estimate of drug-likeness (QED) is 0.380. The van der Waals surface area contributed by atoms with Gasteiger partial charge in [-0.2, -0.15) is 0 Å². The Kier molecular flexibility index (Phi) is 7.89. The molecule has 1 aromatic rings. The largest absolute Gasteiger partial charge is 0.463 e. The lowest BCUT2D eigenvalue weighted by atomic mass is 9.98. The maximum Gasteiger partial charge on any atom is 0.414 e. The zero-order valence-corrected chi connectivity index (χ0v) is 18.4. The standard InChI is InChI=1S/C22H27NO12/c1-11(25)30-10-17-18(31-12(2)26)19(32-13(3)27)20(33-14(4)28)21(34-17)35-22(29)23-16-7-5-15(9-24)6-8-16/h5-8,17-21,24H,9-10H2,1-4H3,(H,23,29)/t17-,18+,19+,20-,21?/m1/s1/i1D,2D,3D,4D. The van der Waals surface area contributed by atoms with Crippen LogP contribution in [0.25, 0.3) is 0 Å². The molecule has 1 saturated heterocycles. The average molecular weight is 501 g/mol. The van der Waals surface area contributed by atoms with Crippen LogP contribution in [0.4, 0.5) is 10.5 Å². The topological polar surface area (TPSA) is 173 Å². The number of anilines is 1. The Morgan fingerprint density at radius 1 is 0.857 bits per heavy atom. The summed E-state index contributed by atoms with van der Waals surface area (Å²) in [6, 6.07) is 5.93. The van der Waals surface area contributed by atoms with Crippen molar-refractivity contribution in [1.82, 2.24) is 0 Å². The SMILES string of the molecule is [2H]CC(=O)OC[C@H]1OC(OC(=O)Nc2ccc(CO)cc2)[C@H](OC(=O)C[2H])[C@@H](OC(=O)C[2H])[C@H]1OC(=O)C[2H].